The van der Waals surface area contributed by atoms with Crippen molar-refractivity contribution in [3.63, 3.8) is 0 Å². The number of nitrogens with zero attached hydrogens (tertiary/aromatic N) is 1. The number of hydrogen-bond acceptors (Lipinski definition) is 4. The quantitative estimate of drug-likeness (QED) is 0.277. The molecule has 0 aromatic heterocycles. The van der Waals surface area contributed by atoms with Crippen LogP contribution < -0.4 is 14.9 Å². The summed E-state index contributed by atoms with van der Waals surface area (Å²) in [6.45, 7) is 3.05. The molecule has 0 atom stereocenters. The second-order valence-electron chi connectivity index (χ2n) is 7.54. The van der Waals surface area contributed by atoms with Crippen molar-refractivity contribution in [3.05, 3.63) is 108 Å². The molecular weight excluding hydrogens is 412 g/mol. The van der Waals surface area contributed by atoms with Gasteiger partial charge in [0.25, 0.3) is 0 Å². The van der Waals surface area contributed by atoms with Gasteiger partial charge in [-0.25, -0.2) is 5.43 Å². The Kier molecular flexibility index (Phi) is 7.33. The zero-order valence-corrected chi connectivity index (χ0v) is 18.5. The molecule has 0 heterocycles. The van der Waals surface area contributed by atoms with E-state index in [9.17, 15) is 4.79 Å². The summed E-state index contributed by atoms with van der Waals surface area (Å²) >= 11 is 0. The highest BCUT2D eigenvalue weighted by Gasteiger charge is 2.04. The molecule has 0 aliphatic rings. The number of carbonyl (C=O) groups is 1. The Morgan fingerprint density at radius 3 is 2.33 bits per heavy atom. The molecule has 0 saturated carbocycles. The van der Waals surface area contributed by atoms with Crippen molar-refractivity contribution in [1.82, 2.24) is 5.43 Å². The first-order chi connectivity index (χ1) is 16.2. The van der Waals surface area contributed by atoms with Crippen LogP contribution in [0.15, 0.2) is 96.1 Å². The molecule has 4 aromatic carbocycles. The van der Waals surface area contributed by atoms with Gasteiger partial charge in [0.15, 0.2) is 0 Å². The van der Waals surface area contributed by atoms with Crippen molar-refractivity contribution in [3.8, 4) is 11.5 Å². The minimum atomic E-state index is -0.176. The molecule has 4 rings (SSSR count). The number of hydrazone groups is 1. The molecule has 0 aliphatic heterocycles. The predicted octanol–water partition coefficient (Wildman–Crippen LogP) is 5.51. The van der Waals surface area contributed by atoms with Gasteiger partial charge in [0.05, 0.1) is 19.2 Å². The molecule has 1 amide bonds. The van der Waals surface area contributed by atoms with Crippen LogP contribution in [-0.2, 0) is 17.8 Å². The third-order valence-electron chi connectivity index (χ3n) is 5.16. The molecule has 0 unspecified atom stereocenters. The standard InChI is InChI=1S/C28H26N2O3/c1-2-32-25-14-10-21(11-15-25)18-28(31)30-29-19-22-12-16-26(17-13-22)33-20-24-8-5-7-23-6-3-4-9-27(23)24/h3-17,19H,2,18,20H2,1H3,(H,30,31)/b29-19+. The second-order valence-corrected chi connectivity index (χ2v) is 7.54. The highest BCUT2D eigenvalue weighted by atomic mass is 16.5. The van der Waals surface area contributed by atoms with Gasteiger partial charge in [-0.1, -0.05) is 54.6 Å². The van der Waals surface area contributed by atoms with Crippen LogP contribution in [0.25, 0.3) is 10.8 Å². The number of hydrogen-bond donors (Lipinski definition) is 1. The Labute approximate surface area is 193 Å². The van der Waals surface area contributed by atoms with Crippen molar-refractivity contribution in [1.29, 1.82) is 0 Å². The van der Waals surface area contributed by atoms with Gasteiger partial charge in [-0.2, -0.15) is 5.10 Å². The van der Waals surface area contributed by atoms with Crippen LogP contribution in [0.4, 0.5) is 0 Å². The summed E-state index contributed by atoms with van der Waals surface area (Å²) in [5, 5.41) is 6.45. The van der Waals surface area contributed by atoms with Crippen molar-refractivity contribution >= 4 is 22.9 Å². The van der Waals surface area contributed by atoms with E-state index in [1.807, 2.05) is 73.7 Å². The molecule has 5 heteroatoms. The first-order valence-corrected chi connectivity index (χ1v) is 10.9. The van der Waals surface area contributed by atoms with Crippen LogP contribution in [0.1, 0.15) is 23.6 Å². The SMILES string of the molecule is CCOc1ccc(CC(=O)N/N=C/c2ccc(OCc3cccc4ccccc34)cc2)cc1. The van der Waals surface area contributed by atoms with Crippen LogP contribution in [0.2, 0.25) is 0 Å². The van der Waals surface area contributed by atoms with E-state index in [1.54, 1.807) is 6.21 Å². The third-order valence-corrected chi connectivity index (χ3v) is 5.16. The molecule has 33 heavy (non-hydrogen) atoms. The fourth-order valence-electron chi connectivity index (χ4n) is 3.50. The minimum absolute atomic E-state index is 0.176. The molecule has 0 saturated heterocycles. The van der Waals surface area contributed by atoms with E-state index in [2.05, 4.69) is 34.8 Å². The van der Waals surface area contributed by atoms with Gasteiger partial charge in [-0.3, -0.25) is 4.79 Å². The minimum Gasteiger partial charge on any atom is -0.494 e. The summed E-state index contributed by atoms with van der Waals surface area (Å²) in [5.74, 6) is 1.40. The molecule has 0 aliphatic carbocycles. The van der Waals surface area contributed by atoms with Crippen molar-refractivity contribution in [2.24, 2.45) is 5.10 Å². The van der Waals surface area contributed by atoms with E-state index in [-0.39, 0.29) is 12.3 Å². The Balaban J connectivity index is 1.27. The summed E-state index contributed by atoms with van der Waals surface area (Å²) in [6, 6.07) is 29.6. The number of ether oxygens (including phenoxy) is 2. The zero-order valence-electron chi connectivity index (χ0n) is 18.5. The first-order valence-electron chi connectivity index (χ1n) is 10.9. The molecular formula is C28H26N2O3. The number of fused-ring (bicyclic) bond motifs is 1. The Morgan fingerprint density at radius 2 is 1.55 bits per heavy atom. The first kappa shape index (κ1) is 22.1. The van der Waals surface area contributed by atoms with Crippen LogP contribution in [0.3, 0.4) is 0 Å². The van der Waals surface area contributed by atoms with Crippen molar-refractivity contribution < 1.29 is 14.3 Å². The van der Waals surface area contributed by atoms with Crippen LogP contribution in [0.5, 0.6) is 11.5 Å². The van der Waals surface area contributed by atoms with Gasteiger partial charge >= 0.3 is 0 Å². The topological polar surface area (TPSA) is 59.9 Å². The Hall–Kier alpha value is -4.12. The number of benzene rings is 4. The number of carbonyl (C=O) groups excluding carboxylic acids is 1. The average molecular weight is 439 g/mol. The molecule has 0 radical (unpaired) electrons. The molecule has 4 aromatic rings. The maximum Gasteiger partial charge on any atom is 0.244 e. The van der Waals surface area contributed by atoms with Crippen LogP contribution in [0, 0.1) is 0 Å². The van der Waals surface area contributed by atoms with E-state index in [0.29, 0.717) is 13.2 Å². The number of amides is 1. The second kappa shape index (κ2) is 11.0. The van der Waals surface area contributed by atoms with E-state index in [4.69, 9.17) is 9.47 Å². The Bertz CT molecular complexity index is 1230. The molecule has 0 fully saturated rings. The lowest BCUT2D eigenvalue weighted by Crippen LogP contribution is -2.19. The van der Waals surface area contributed by atoms with E-state index in [0.717, 1.165) is 28.2 Å². The van der Waals surface area contributed by atoms with Crippen LogP contribution in [-0.4, -0.2) is 18.7 Å². The fraction of sp³-hybridized carbons (Fsp3) is 0.143. The highest BCUT2D eigenvalue weighted by Crippen LogP contribution is 2.21. The third kappa shape index (κ3) is 6.20. The van der Waals surface area contributed by atoms with E-state index >= 15 is 0 Å². The predicted molar refractivity (Wildman–Crippen MR) is 132 cm³/mol. The van der Waals surface area contributed by atoms with Gasteiger partial charge in [-0.15, -0.1) is 0 Å². The van der Waals surface area contributed by atoms with Gasteiger partial charge in [0, 0.05) is 0 Å². The average Bonchev–Trinajstić information content (AvgIpc) is 2.85. The maximum atomic E-state index is 12.1. The number of rotatable bonds is 9. The van der Waals surface area contributed by atoms with Gasteiger partial charge in [0.2, 0.25) is 5.91 Å². The normalized spacial score (nSPS) is 10.9. The van der Waals surface area contributed by atoms with Gasteiger partial charge in [0.1, 0.15) is 18.1 Å². The highest BCUT2D eigenvalue weighted by molar-refractivity contribution is 5.85. The zero-order chi connectivity index (χ0) is 22.9. The smallest absolute Gasteiger partial charge is 0.244 e. The van der Waals surface area contributed by atoms with Gasteiger partial charge < -0.3 is 9.47 Å². The lowest BCUT2D eigenvalue weighted by molar-refractivity contribution is -0.120. The monoisotopic (exact) mass is 438 g/mol. The van der Waals surface area contributed by atoms with Crippen LogP contribution >= 0.6 is 0 Å². The summed E-state index contributed by atoms with van der Waals surface area (Å²) in [6.07, 6.45) is 1.87. The molecule has 166 valence electrons. The summed E-state index contributed by atoms with van der Waals surface area (Å²) in [7, 11) is 0. The number of nitrogens with one attached hydrogen (secondary N) is 1. The largest absolute Gasteiger partial charge is 0.494 e. The van der Waals surface area contributed by atoms with Crippen molar-refractivity contribution in [2.75, 3.05) is 6.61 Å². The van der Waals surface area contributed by atoms with E-state index in [1.165, 1.54) is 10.8 Å². The molecule has 5 nitrogen and oxygen atoms in total. The van der Waals surface area contributed by atoms with Gasteiger partial charge in [-0.05, 0) is 70.8 Å². The Morgan fingerprint density at radius 1 is 0.848 bits per heavy atom. The summed E-state index contributed by atoms with van der Waals surface area (Å²) in [5.41, 5.74) is 5.48. The maximum absolute atomic E-state index is 12.1. The lowest BCUT2D eigenvalue weighted by Gasteiger charge is -2.09. The van der Waals surface area contributed by atoms with Crippen molar-refractivity contribution in [2.45, 2.75) is 20.0 Å². The molecule has 1 N–H and O–H groups in total. The molecule has 0 bridgehead atoms. The lowest BCUT2D eigenvalue weighted by atomic mass is 10.1. The summed E-state index contributed by atoms with van der Waals surface area (Å²) in [4.78, 5) is 12.1. The molecule has 0 spiro atoms. The fourth-order valence-corrected chi connectivity index (χ4v) is 3.50. The summed E-state index contributed by atoms with van der Waals surface area (Å²) < 4.78 is 11.4. The van der Waals surface area contributed by atoms with E-state index < -0.39 is 0 Å².